The van der Waals surface area contributed by atoms with Gasteiger partial charge in [0.15, 0.2) is 0 Å². The van der Waals surface area contributed by atoms with Crippen LogP contribution in [0, 0.1) is 17.7 Å². The summed E-state index contributed by atoms with van der Waals surface area (Å²) in [4.78, 5) is 15.0. The average molecular weight is 457 g/mol. The molecule has 0 bridgehead atoms. The molecule has 1 aliphatic heterocycles. The molecular formula is C25H29FN2O3S. The molecule has 1 fully saturated rings. The molecule has 4 rings (SSSR count). The lowest BCUT2D eigenvalue weighted by molar-refractivity contribution is 0.354. The number of rotatable bonds is 5. The summed E-state index contributed by atoms with van der Waals surface area (Å²) in [6.45, 7) is 8.33. The van der Waals surface area contributed by atoms with E-state index in [1.807, 2.05) is 11.8 Å². The first-order valence-corrected chi connectivity index (χ1v) is 12.6. The second-order valence-corrected chi connectivity index (χ2v) is 10.9. The summed E-state index contributed by atoms with van der Waals surface area (Å²) in [6.07, 6.45) is 3.26. The van der Waals surface area contributed by atoms with Crippen LogP contribution in [0.2, 0.25) is 0 Å². The molecule has 0 N–H and O–H groups in total. The summed E-state index contributed by atoms with van der Waals surface area (Å²) in [7, 11) is -4.03. The van der Waals surface area contributed by atoms with Gasteiger partial charge >= 0.3 is 0 Å². The van der Waals surface area contributed by atoms with Crippen LogP contribution in [-0.2, 0) is 16.4 Å². The summed E-state index contributed by atoms with van der Waals surface area (Å²) in [5.74, 6) is 0.406. The molecule has 0 saturated carbocycles. The molecule has 1 saturated heterocycles. The number of anilines is 1. The van der Waals surface area contributed by atoms with E-state index in [0.717, 1.165) is 25.9 Å². The highest BCUT2D eigenvalue weighted by Crippen LogP contribution is 2.31. The Hall–Kier alpha value is -2.67. The van der Waals surface area contributed by atoms with Gasteiger partial charge in [0.25, 0.3) is 0 Å². The van der Waals surface area contributed by atoms with Crippen molar-refractivity contribution < 1.29 is 12.8 Å². The maximum absolute atomic E-state index is 15.3. The Kier molecular flexibility index (Phi) is 6.12. The molecule has 2 heterocycles. The van der Waals surface area contributed by atoms with Crippen molar-refractivity contribution >= 4 is 26.4 Å². The van der Waals surface area contributed by atoms with Gasteiger partial charge in [-0.2, -0.15) is 0 Å². The Morgan fingerprint density at radius 2 is 1.72 bits per heavy atom. The number of sulfone groups is 1. The van der Waals surface area contributed by atoms with Crippen LogP contribution in [0.25, 0.3) is 10.9 Å². The quantitative estimate of drug-likeness (QED) is 0.550. The number of aryl methyl sites for hydroxylation is 1. The molecule has 0 radical (unpaired) electrons. The van der Waals surface area contributed by atoms with E-state index < -0.39 is 21.1 Å². The van der Waals surface area contributed by atoms with Gasteiger partial charge in [-0.05, 0) is 48.9 Å². The fraction of sp³-hybridized carbons (Fsp3) is 0.400. The molecule has 170 valence electrons. The number of hydrogen-bond donors (Lipinski definition) is 0. The second kappa shape index (κ2) is 8.70. The topological polar surface area (TPSA) is 59.4 Å². The Morgan fingerprint density at radius 1 is 1.06 bits per heavy atom. The van der Waals surface area contributed by atoms with E-state index in [-0.39, 0.29) is 15.2 Å². The monoisotopic (exact) mass is 456 g/mol. The summed E-state index contributed by atoms with van der Waals surface area (Å²) in [6, 6.07) is 10.8. The third-order valence-electron chi connectivity index (χ3n) is 6.13. The van der Waals surface area contributed by atoms with Crippen LogP contribution in [-0.4, -0.2) is 26.1 Å². The molecule has 0 amide bonds. The lowest BCUT2D eigenvalue weighted by Gasteiger charge is -2.37. The van der Waals surface area contributed by atoms with Crippen LogP contribution in [0.4, 0.5) is 10.1 Å². The number of fused-ring (bicyclic) bond motifs is 1. The smallest absolute Gasteiger partial charge is 0.211 e. The minimum atomic E-state index is -4.03. The van der Waals surface area contributed by atoms with Gasteiger partial charge in [0, 0.05) is 25.8 Å². The van der Waals surface area contributed by atoms with Gasteiger partial charge in [0.05, 0.1) is 21.5 Å². The minimum Gasteiger partial charge on any atom is -0.369 e. The molecule has 0 unspecified atom stereocenters. The molecular weight excluding hydrogens is 427 g/mol. The summed E-state index contributed by atoms with van der Waals surface area (Å²) in [5.41, 5.74) is 0.368. The Morgan fingerprint density at radius 3 is 2.34 bits per heavy atom. The molecule has 7 heteroatoms. The highest BCUT2D eigenvalue weighted by atomic mass is 32.2. The highest BCUT2D eigenvalue weighted by Gasteiger charge is 2.27. The van der Waals surface area contributed by atoms with Crippen molar-refractivity contribution in [2.24, 2.45) is 11.8 Å². The van der Waals surface area contributed by atoms with E-state index in [0.29, 0.717) is 29.6 Å². The number of nitrogens with zero attached hydrogens (tertiary/aromatic N) is 2. The molecule has 5 nitrogen and oxygen atoms in total. The van der Waals surface area contributed by atoms with Crippen LogP contribution < -0.4 is 10.3 Å². The van der Waals surface area contributed by atoms with Crippen molar-refractivity contribution in [2.45, 2.75) is 49.9 Å². The molecule has 32 heavy (non-hydrogen) atoms. The first kappa shape index (κ1) is 22.5. The number of pyridine rings is 1. The largest absolute Gasteiger partial charge is 0.369 e. The minimum absolute atomic E-state index is 0.0490. The van der Waals surface area contributed by atoms with Crippen LogP contribution >= 0.6 is 0 Å². The summed E-state index contributed by atoms with van der Waals surface area (Å²) >= 11 is 0. The Balaban J connectivity index is 1.93. The Labute approximate surface area is 188 Å². The molecule has 2 aromatic carbocycles. The highest BCUT2D eigenvalue weighted by molar-refractivity contribution is 7.91. The summed E-state index contributed by atoms with van der Waals surface area (Å²) in [5, 5.41) is 0.0924. The number of piperidine rings is 1. The van der Waals surface area contributed by atoms with Gasteiger partial charge in [-0.15, -0.1) is 0 Å². The molecule has 1 aromatic heterocycles. The SMILES string of the molecule is CCCn1cc(S(=O)(=O)c2ccccc2)c(=O)c2cc(F)c(N3C[C@@H](C)C[C@H](C)C3)cc21. The fourth-order valence-corrected chi connectivity index (χ4v) is 6.21. The van der Waals surface area contributed by atoms with Crippen LogP contribution in [0.15, 0.2) is 63.2 Å². The second-order valence-electron chi connectivity index (χ2n) is 9.00. The lowest BCUT2D eigenvalue weighted by atomic mass is 9.91. The normalized spacial score (nSPS) is 19.4. The van der Waals surface area contributed by atoms with Gasteiger partial charge in [-0.1, -0.05) is 39.0 Å². The van der Waals surface area contributed by atoms with Gasteiger partial charge in [-0.25, -0.2) is 12.8 Å². The Bertz CT molecular complexity index is 1290. The first-order chi connectivity index (χ1) is 15.2. The molecule has 1 aliphatic rings. The van der Waals surface area contributed by atoms with E-state index >= 15 is 4.39 Å². The van der Waals surface area contributed by atoms with E-state index in [1.54, 1.807) is 28.8 Å². The van der Waals surface area contributed by atoms with Crippen molar-refractivity contribution in [2.75, 3.05) is 18.0 Å². The summed E-state index contributed by atoms with van der Waals surface area (Å²) < 4.78 is 43.5. The zero-order chi connectivity index (χ0) is 23.0. The standard InChI is InChI=1S/C25H29FN2O3S/c1-4-10-27-16-24(32(30,31)19-8-6-5-7-9-19)25(29)20-12-21(26)23(13-22(20)27)28-14-17(2)11-18(3)15-28/h5-9,12-13,16-18H,4,10-11,14-15H2,1-3H3/t17-,18-/m0/s1. The van der Waals surface area contributed by atoms with Gasteiger partial charge in [0.1, 0.15) is 10.7 Å². The zero-order valence-electron chi connectivity index (χ0n) is 18.7. The molecule has 3 aromatic rings. The number of halogens is 1. The maximum atomic E-state index is 15.3. The van der Waals surface area contributed by atoms with Crippen molar-refractivity contribution in [3.63, 3.8) is 0 Å². The predicted molar refractivity (Wildman–Crippen MR) is 126 cm³/mol. The van der Waals surface area contributed by atoms with Crippen molar-refractivity contribution in [3.8, 4) is 0 Å². The molecule has 0 aliphatic carbocycles. The third kappa shape index (κ3) is 4.06. The number of benzene rings is 2. The number of aromatic nitrogens is 1. The van der Waals surface area contributed by atoms with Crippen molar-refractivity contribution in [3.05, 3.63) is 64.7 Å². The zero-order valence-corrected chi connectivity index (χ0v) is 19.5. The van der Waals surface area contributed by atoms with E-state index in [4.69, 9.17) is 0 Å². The van der Waals surface area contributed by atoms with Crippen LogP contribution in [0.1, 0.15) is 33.6 Å². The first-order valence-electron chi connectivity index (χ1n) is 11.1. The predicted octanol–water partition coefficient (Wildman–Crippen LogP) is 4.87. The maximum Gasteiger partial charge on any atom is 0.211 e. The van der Waals surface area contributed by atoms with Gasteiger partial charge in [0.2, 0.25) is 15.3 Å². The van der Waals surface area contributed by atoms with Crippen LogP contribution in [0.3, 0.4) is 0 Å². The lowest BCUT2D eigenvalue weighted by Crippen LogP contribution is -2.39. The fourth-order valence-electron chi connectivity index (χ4n) is 4.82. The van der Waals surface area contributed by atoms with Gasteiger partial charge in [-0.3, -0.25) is 4.79 Å². The van der Waals surface area contributed by atoms with E-state index in [9.17, 15) is 13.2 Å². The van der Waals surface area contributed by atoms with Crippen LogP contribution in [0.5, 0.6) is 0 Å². The van der Waals surface area contributed by atoms with Crippen molar-refractivity contribution in [1.29, 1.82) is 0 Å². The van der Waals surface area contributed by atoms with E-state index in [1.165, 1.54) is 24.4 Å². The van der Waals surface area contributed by atoms with Crippen molar-refractivity contribution in [1.82, 2.24) is 4.57 Å². The molecule has 2 atom stereocenters. The van der Waals surface area contributed by atoms with E-state index in [2.05, 4.69) is 13.8 Å². The third-order valence-corrected chi connectivity index (χ3v) is 7.90. The average Bonchev–Trinajstić information content (AvgIpc) is 2.75. The van der Waals surface area contributed by atoms with Gasteiger partial charge < -0.3 is 9.47 Å². The molecule has 0 spiro atoms. The number of hydrogen-bond acceptors (Lipinski definition) is 4.